The van der Waals surface area contributed by atoms with Crippen molar-refractivity contribution in [2.24, 2.45) is 5.41 Å². The van der Waals surface area contributed by atoms with Crippen molar-refractivity contribution in [2.45, 2.75) is 70.8 Å². The van der Waals surface area contributed by atoms with Gasteiger partial charge in [-0.2, -0.15) is 0 Å². The molecule has 1 aliphatic carbocycles. The summed E-state index contributed by atoms with van der Waals surface area (Å²) in [6.07, 6.45) is 5.04. The maximum Gasteiger partial charge on any atom is 0.209 e. The van der Waals surface area contributed by atoms with Gasteiger partial charge in [0.25, 0.3) is 0 Å². The fraction of sp³-hybridized carbons (Fsp3) is 0.500. The Balaban J connectivity index is 1.25. The lowest BCUT2D eigenvalue weighted by Gasteiger charge is -2.55. The number of alkyl halides is 1. The van der Waals surface area contributed by atoms with E-state index in [2.05, 4.69) is 58.1 Å². The number of aromatic amines is 1. The summed E-state index contributed by atoms with van der Waals surface area (Å²) in [6.45, 7) is 9.07. The fourth-order valence-corrected chi connectivity index (χ4v) is 6.97. The zero-order chi connectivity index (χ0) is 24.7. The van der Waals surface area contributed by atoms with Gasteiger partial charge < -0.3 is 9.40 Å². The molecular weight excluding hydrogens is 451 g/mol. The van der Waals surface area contributed by atoms with Crippen LogP contribution in [-0.2, 0) is 13.0 Å². The average Bonchev–Trinajstić information content (AvgIpc) is 3.34. The van der Waals surface area contributed by atoms with E-state index in [1.165, 1.54) is 49.0 Å². The van der Waals surface area contributed by atoms with Crippen LogP contribution in [0.5, 0.6) is 0 Å². The molecule has 3 aliphatic rings. The predicted molar refractivity (Wildman–Crippen MR) is 141 cm³/mol. The van der Waals surface area contributed by atoms with Gasteiger partial charge in [-0.05, 0) is 74.8 Å². The molecule has 2 atom stereocenters. The molecule has 36 heavy (non-hydrogen) atoms. The number of aromatic nitrogens is 2. The second-order valence-corrected chi connectivity index (χ2v) is 12.2. The second kappa shape index (κ2) is 7.90. The maximum atomic E-state index is 15.0. The molecule has 1 spiro atoms. The lowest BCUT2D eigenvalue weighted by Crippen LogP contribution is -2.58. The van der Waals surface area contributed by atoms with Gasteiger partial charge in [0.1, 0.15) is 11.2 Å². The molecule has 7 rings (SSSR count). The molecule has 0 radical (unpaired) electrons. The lowest BCUT2D eigenvalue weighted by atomic mass is 9.63. The van der Waals surface area contributed by atoms with Crippen LogP contribution in [0.25, 0.3) is 22.0 Å². The first kappa shape index (κ1) is 22.5. The van der Waals surface area contributed by atoms with Crippen LogP contribution in [0.2, 0.25) is 0 Å². The number of para-hydroxylation sites is 1. The first-order chi connectivity index (χ1) is 17.3. The molecule has 6 heteroatoms. The molecule has 2 fully saturated rings. The molecule has 0 bridgehead atoms. The number of likely N-dealkylation sites (tertiary alicyclic amines) is 1. The Kier molecular flexibility index (Phi) is 4.93. The standard InChI is InChI=1S/C30H35FN4O/c1-19-13-22-21-7-4-5-8-23(21)33-27(22)28(35(19)16-29(2,3)31)20-9-10-25-24(14-20)32-26(36-25)15-34-17-30(18-34)11-6-12-30/h4-5,7-10,14,19,28,33H,6,11-13,15-18H2,1-3H3/t19-,28-/m1/s1. The zero-order valence-electron chi connectivity index (χ0n) is 21.5. The minimum Gasteiger partial charge on any atom is -0.439 e. The summed E-state index contributed by atoms with van der Waals surface area (Å²) in [7, 11) is 0. The van der Waals surface area contributed by atoms with E-state index in [0.717, 1.165) is 41.0 Å². The highest BCUT2D eigenvalue weighted by molar-refractivity contribution is 5.85. The summed E-state index contributed by atoms with van der Waals surface area (Å²) in [5, 5.41) is 1.27. The highest BCUT2D eigenvalue weighted by atomic mass is 19.1. The highest BCUT2D eigenvalue weighted by Crippen LogP contribution is 2.48. The molecule has 4 heterocycles. The Morgan fingerprint density at radius 2 is 1.97 bits per heavy atom. The third-order valence-corrected chi connectivity index (χ3v) is 8.74. The van der Waals surface area contributed by atoms with Gasteiger partial charge in [0.05, 0.1) is 12.6 Å². The highest BCUT2D eigenvalue weighted by Gasteiger charge is 2.47. The number of nitrogens with one attached hydrogen (secondary N) is 1. The summed E-state index contributed by atoms with van der Waals surface area (Å²) < 4.78 is 21.2. The quantitative estimate of drug-likeness (QED) is 0.356. The van der Waals surface area contributed by atoms with Crippen molar-refractivity contribution in [3.05, 3.63) is 65.2 Å². The summed E-state index contributed by atoms with van der Waals surface area (Å²) in [4.78, 5) is 13.4. The van der Waals surface area contributed by atoms with Crippen molar-refractivity contribution in [1.82, 2.24) is 19.8 Å². The van der Waals surface area contributed by atoms with Gasteiger partial charge in [0.15, 0.2) is 5.58 Å². The van der Waals surface area contributed by atoms with Gasteiger partial charge in [-0.25, -0.2) is 9.37 Å². The third kappa shape index (κ3) is 3.69. The Bertz CT molecular complexity index is 1430. The van der Waals surface area contributed by atoms with E-state index in [4.69, 9.17) is 9.40 Å². The monoisotopic (exact) mass is 486 g/mol. The SMILES string of the molecule is C[C@@H]1Cc2c([nH]c3ccccc23)[C@@H](c2ccc3oc(CN4CC5(CCC5)C4)nc3c2)N1CC(C)(C)F. The molecule has 1 saturated heterocycles. The van der Waals surface area contributed by atoms with Crippen LogP contribution in [0.4, 0.5) is 4.39 Å². The van der Waals surface area contributed by atoms with Gasteiger partial charge in [-0.15, -0.1) is 0 Å². The molecule has 188 valence electrons. The van der Waals surface area contributed by atoms with E-state index < -0.39 is 5.67 Å². The minimum absolute atomic E-state index is 0.0652. The first-order valence-electron chi connectivity index (χ1n) is 13.4. The molecule has 4 aromatic rings. The largest absolute Gasteiger partial charge is 0.439 e. The number of halogens is 1. The molecule has 0 amide bonds. The van der Waals surface area contributed by atoms with Gasteiger partial charge in [-0.1, -0.05) is 30.7 Å². The summed E-state index contributed by atoms with van der Waals surface area (Å²) in [6, 6.07) is 15.0. The van der Waals surface area contributed by atoms with E-state index >= 15 is 4.39 Å². The topological polar surface area (TPSA) is 48.3 Å². The third-order valence-electron chi connectivity index (χ3n) is 8.74. The van der Waals surface area contributed by atoms with Crippen LogP contribution in [-0.4, -0.2) is 51.1 Å². The normalized spacial score (nSPS) is 24.2. The fourth-order valence-electron chi connectivity index (χ4n) is 6.97. The van der Waals surface area contributed by atoms with Gasteiger partial charge in [0, 0.05) is 42.3 Å². The number of hydrogen-bond donors (Lipinski definition) is 1. The number of rotatable bonds is 5. The van der Waals surface area contributed by atoms with E-state index in [1.54, 1.807) is 13.8 Å². The Morgan fingerprint density at radius 1 is 1.17 bits per heavy atom. The van der Waals surface area contributed by atoms with Crippen LogP contribution in [0.1, 0.15) is 68.8 Å². The number of fused-ring (bicyclic) bond motifs is 4. The lowest BCUT2D eigenvalue weighted by molar-refractivity contribution is -0.0677. The molecule has 2 aromatic heterocycles. The van der Waals surface area contributed by atoms with Gasteiger partial charge in [0.2, 0.25) is 5.89 Å². The Labute approximate surface area is 211 Å². The van der Waals surface area contributed by atoms with E-state index in [0.29, 0.717) is 12.0 Å². The van der Waals surface area contributed by atoms with E-state index in [1.807, 2.05) is 6.07 Å². The molecule has 5 nitrogen and oxygen atoms in total. The number of benzene rings is 2. The van der Waals surface area contributed by atoms with Crippen molar-refractivity contribution in [3.63, 3.8) is 0 Å². The van der Waals surface area contributed by atoms with Crippen molar-refractivity contribution in [3.8, 4) is 0 Å². The minimum atomic E-state index is -1.30. The van der Waals surface area contributed by atoms with Gasteiger partial charge in [-0.3, -0.25) is 9.80 Å². The molecule has 1 saturated carbocycles. The van der Waals surface area contributed by atoms with Gasteiger partial charge >= 0.3 is 0 Å². The summed E-state index contributed by atoms with van der Waals surface area (Å²) in [5.41, 5.74) is 5.81. The second-order valence-electron chi connectivity index (χ2n) is 12.2. The zero-order valence-corrected chi connectivity index (χ0v) is 21.5. The first-order valence-corrected chi connectivity index (χ1v) is 13.4. The van der Waals surface area contributed by atoms with Crippen molar-refractivity contribution in [1.29, 1.82) is 0 Å². The van der Waals surface area contributed by atoms with Crippen LogP contribution in [0.15, 0.2) is 46.9 Å². The van der Waals surface area contributed by atoms with Crippen LogP contribution >= 0.6 is 0 Å². The predicted octanol–water partition coefficient (Wildman–Crippen LogP) is 6.38. The molecule has 0 unspecified atom stereocenters. The van der Waals surface area contributed by atoms with E-state index in [9.17, 15) is 0 Å². The smallest absolute Gasteiger partial charge is 0.209 e. The van der Waals surface area contributed by atoms with Crippen molar-refractivity contribution in [2.75, 3.05) is 19.6 Å². The molecule has 1 N–H and O–H groups in total. The summed E-state index contributed by atoms with van der Waals surface area (Å²) in [5.74, 6) is 0.793. The van der Waals surface area contributed by atoms with Crippen molar-refractivity contribution < 1.29 is 8.81 Å². The molecule has 2 aliphatic heterocycles. The van der Waals surface area contributed by atoms with E-state index in [-0.39, 0.29) is 12.1 Å². The summed E-state index contributed by atoms with van der Waals surface area (Å²) >= 11 is 0. The number of hydrogen-bond acceptors (Lipinski definition) is 4. The van der Waals surface area contributed by atoms with Crippen molar-refractivity contribution >= 4 is 22.0 Å². The Hall–Kier alpha value is -2.70. The maximum absolute atomic E-state index is 15.0. The van der Waals surface area contributed by atoms with Crippen LogP contribution < -0.4 is 0 Å². The van der Waals surface area contributed by atoms with Crippen LogP contribution in [0, 0.1) is 5.41 Å². The average molecular weight is 487 g/mol. The molecule has 2 aromatic carbocycles. The molecular formula is C30H35FN4O. The Morgan fingerprint density at radius 3 is 2.72 bits per heavy atom. The van der Waals surface area contributed by atoms with Crippen LogP contribution in [0.3, 0.4) is 0 Å². The number of H-pyrrole nitrogens is 1. The number of oxazole rings is 1. The number of nitrogens with zero attached hydrogens (tertiary/aromatic N) is 3.